The molecule has 0 fully saturated rings. The highest BCUT2D eigenvalue weighted by Crippen LogP contribution is 2.23. The van der Waals surface area contributed by atoms with Crippen LogP contribution >= 0.6 is 11.6 Å². The summed E-state index contributed by atoms with van der Waals surface area (Å²) in [7, 11) is 1.86. The van der Waals surface area contributed by atoms with Crippen molar-refractivity contribution >= 4 is 17.5 Å². The Balaban J connectivity index is 2.60. The van der Waals surface area contributed by atoms with Gasteiger partial charge in [0.15, 0.2) is 0 Å². The Bertz CT molecular complexity index is 405. The molecule has 0 spiro atoms. The van der Waals surface area contributed by atoms with Gasteiger partial charge in [0.1, 0.15) is 0 Å². The number of likely N-dealkylation sites (N-methyl/N-ethyl adjacent to an activating group) is 1. The van der Waals surface area contributed by atoms with E-state index in [-0.39, 0.29) is 5.91 Å². The molecule has 1 amide bonds. The average molecular weight is 269 g/mol. The van der Waals surface area contributed by atoms with Crippen molar-refractivity contribution in [2.45, 2.75) is 20.3 Å². The number of hydrogen-bond acceptors (Lipinski definition) is 2. The van der Waals surface area contributed by atoms with E-state index < -0.39 is 5.41 Å². The number of benzene rings is 1. The Morgan fingerprint density at radius 3 is 2.67 bits per heavy atom. The molecule has 1 aromatic rings. The predicted octanol–water partition coefficient (Wildman–Crippen LogP) is 2.24. The van der Waals surface area contributed by atoms with Crippen molar-refractivity contribution in [1.29, 1.82) is 0 Å². The summed E-state index contributed by atoms with van der Waals surface area (Å²) >= 11 is 5.95. The van der Waals surface area contributed by atoms with Crippen LogP contribution in [0.25, 0.3) is 0 Å². The highest BCUT2D eigenvalue weighted by molar-refractivity contribution is 6.30. The second-order valence-electron chi connectivity index (χ2n) is 5.05. The number of rotatable bonds is 6. The molecule has 0 saturated heterocycles. The summed E-state index contributed by atoms with van der Waals surface area (Å²) in [5.74, 6) is 0.0673. The lowest BCUT2D eigenvalue weighted by Gasteiger charge is -2.23. The topological polar surface area (TPSA) is 41.1 Å². The second-order valence-corrected chi connectivity index (χ2v) is 5.49. The zero-order chi connectivity index (χ0) is 13.6. The highest BCUT2D eigenvalue weighted by atomic mass is 35.5. The first-order valence-corrected chi connectivity index (χ1v) is 6.51. The third-order valence-corrected chi connectivity index (χ3v) is 3.05. The number of amides is 1. The Morgan fingerprint density at radius 2 is 2.06 bits per heavy atom. The first kappa shape index (κ1) is 15.0. The fraction of sp³-hybridized carbons (Fsp3) is 0.500. The molecule has 4 heteroatoms. The van der Waals surface area contributed by atoms with Crippen molar-refractivity contribution in [2.24, 2.45) is 5.41 Å². The third-order valence-electron chi connectivity index (χ3n) is 2.81. The van der Waals surface area contributed by atoms with Crippen molar-refractivity contribution in [1.82, 2.24) is 10.6 Å². The van der Waals surface area contributed by atoms with E-state index >= 15 is 0 Å². The van der Waals surface area contributed by atoms with Gasteiger partial charge >= 0.3 is 0 Å². The standard InChI is InChI=1S/C14H21ClN2O/c1-14(2,13(18)17-8-7-16-3)10-11-5-4-6-12(15)9-11/h4-6,9,16H,7-8,10H2,1-3H3,(H,17,18). The van der Waals surface area contributed by atoms with E-state index in [1.807, 2.05) is 45.2 Å². The van der Waals surface area contributed by atoms with Crippen molar-refractivity contribution in [3.05, 3.63) is 34.9 Å². The van der Waals surface area contributed by atoms with Crippen molar-refractivity contribution < 1.29 is 4.79 Å². The van der Waals surface area contributed by atoms with Crippen LogP contribution in [0.2, 0.25) is 5.02 Å². The lowest BCUT2D eigenvalue weighted by Crippen LogP contribution is -2.40. The van der Waals surface area contributed by atoms with Crippen LogP contribution in [-0.2, 0) is 11.2 Å². The molecule has 0 radical (unpaired) electrons. The monoisotopic (exact) mass is 268 g/mol. The Kier molecular flexibility index (Phi) is 5.63. The molecule has 1 aromatic carbocycles. The van der Waals surface area contributed by atoms with Gasteiger partial charge in [-0.15, -0.1) is 0 Å². The maximum atomic E-state index is 12.1. The Labute approximate surface area is 114 Å². The summed E-state index contributed by atoms with van der Waals surface area (Å²) in [6.45, 7) is 5.32. The molecular formula is C14H21ClN2O. The molecule has 3 nitrogen and oxygen atoms in total. The lowest BCUT2D eigenvalue weighted by atomic mass is 9.85. The molecule has 0 aliphatic carbocycles. The number of halogens is 1. The van der Waals surface area contributed by atoms with Crippen LogP contribution in [0.3, 0.4) is 0 Å². The fourth-order valence-electron chi connectivity index (χ4n) is 1.78. The van der Waals surface area contributed by atoms with Gasteiger partial charge in [-0.1, -0.05) is 37.6 Å². The molecule has 18 heavy (non-hydrogen) atoms. The molecule has 0 saturated carbocycles. The van der Waals surface area contributed by atoms with Crippen LogP contribution in [0.5, 0.6) is 0 Å². The average Bonchev–Trinajstić information content (AvgIpc) is 2.28. The summed E-state index contributed by atoms with van der Waals surface area (Å²) in [6, 6.07) is 7.65. The molecular weight excluding hydrogens is 248 g/mol. The number of nitrogens with one attached hydrogen (secondary N) is 2. The summed E-state index contributed by atoms with van der Waals surface area (Å²) in [5, 5.41) is 6.63. The Hall–Kier alpha value is -1.06. The minimum atomic E-state index is -0.432. The van der Waals surface area contributed by atoms with Crippen LogP contribution in [0.4, 0.5) is 0 Å². The molecule has 0 heterocycles. The predicted molar refractivity (Wildman–Crippen MR) is 75.9 cm³/mol. The van der Waals surface area contributed by atoms with Crippen molar-refractivity contribution in [2.75, 3.05) is 20.1 Å². The van der Waals surface area contributed by atoms with Gasteiger partial charge in [-0.25, -0.2) is 0 Å². The van der Waals surface area contributed by atoms with Gasteiger partial charge in [0.2, 0.25) is 5.91 Å². The molecule has 100 valence electrons. The van der Waals surface area contributed by atoms with E-state index in [1.54, 1.807) is 0 Å². The minimum absolute atomic E-state index is 0.0673. The molecule has 1 rings (SSSR count). The molecule has 0 aliphatic rings. The highest BCUT2D eigenvalue weighted by Gasteiger charge is 2.27. The first-order valence-electron chi connectivity index (χ1n) is 6.13. The van der Waals surface area contributed by atoms with Crippen LogP contribution in [0.1, 0.15) is 19.4 Å². The molecule has 0 aromatic heterocycles. The molecule has 0 unspecified atom stereocenters. The fourth-order valence-corrected chi connectivity index (χ4v) is 1.99. The molecule has 0 atom stereocenters. The maximum absolute atomic E-state index is 12.1. The van der Waals surface area contributed by atoms with Gasteiger partial charge in [0.25, 0.3) is 0 Å². The van der Waals surface area contributed by atoms with Crippen LogP contribution in [-0.4, -0.2) is 26.0 Å². The van der Waals surface area contributed by atoms with E-state index in [4.69, 9.17) is 11.6 Å². The van der Waals surface area contributed by atoms with Gasteiger partial charge in [-0.2, -0.15) is 0 Å². The molecule has 0 bridgehead atoms. The third kappa shape index (κ3) is 4.67. The SMILES string of the molecule is CNCCNC(=O)C(C)(C)Cc1cccc(Cl)c1. The number of carbonyl (C=O) groups is 1. The second kappa shape index (κ2) is 6.76. The number of carbonyl (C=O) groups excluding carboxylic acids is 1. The molecule has 2 N–H and O–H groups in total. The van der Waals surface area contributed by atoms with Crippen LogP contribution in [0, 0.1) is 5.41 Å². The van der Waals surface area contributed by atoms with E-state index in [0.717, 1.165) is 12.1 Å². The van der Waals surface area contributed by atoms with E-state index in [9.17, 15) is 4.79 Å². The smallest absolute Gasteiger partial charge is 0.226 e. The van der Waals surface area contributed by atoms with Gasteiger partial charge in [0.05, 0.1) is 0 Å². The normalized spacial score (nSPS) is 11.3. The van der Waals surface area contributed by atoms with Crippen LogP contribution in [0.15, 0.2) is 24.3 Å². The van der Waals surface area contributed by atoms with Crippen molar-refractivity contribution in [3.63, 3.8) is 0 Å². The van der Waals surface area contributed by atoms with E-state index in [2.05, 4.69) is 10.6 Å². The summed E-state index contributed by atoms with van der Waals surface area (Å²) in [6.07, 6.45) is 0.680. The van der Waals surface area contributed by atoms with E-state index in [0.29, 0.717) is 18.0 Å². The Morgan fingerprint density at radius 1 is 1.33 bits per heavy atom. The zero-order valence-corrected chi connectivity index (χ0v) is 12.0. The van der Waals surface area contributed by atoms with Gasteiger partial charge in [-0.05, 0) is 31.2 Å². The lowest BCUT2D eigenvalue weighted by molar-refractivity contribution is -0.129. The molecule has 0 aliphatic heterocycles. The number of hydrogen-bond donors (Lipinski definition) is 2. The first-order chi connectivity index (χ1) is 8.45. The van der Waals surface area contributed by atoms with Gasteiger partial charge < -0.3 is 10.6 Å². The van der Waals surface area contributed by atoms with Crippen LogP contribution < -0.4 is 10.6 Å². The summed E-state index contributed by atoms with van der Waals surface area (Å²) in [4.78, 5) is 12.1. The van der Waals surface area contributed by atoms with Gasteiger partial charge in [0, 0.05) is 23.5 Å². The summed E-state index contributed by atoms with van der Waals surface area (Å²) in [5.41, 5.74) is 0.648. The van der Waals surface area contributed by atoms with E-state index in [1.165, 1.54) is 0 Å². The summed E-state index contributed by atoms with van der Waals surface area (Å²) < 4.78 is 0. The maximum Gasteiger partial charge on any atom is 0.226 e. The largest absolute Gasteiger partial charge is 0.354 e. The van der Waals surface area contributed by atoms with Crippen molar-refractivity contribution in [3.8, 4) is 0 Å². The zero-order valence-electron chi connectivity index (χ0n) is 11.2. The quantitative estimate of drug-likeness (QED) is 0.777. The minimum Gasteiger partial charge on any atom is -0.354 e. The van der Waals surface area contributed by atoms with Gasteiger partial charge in [-0.3, -0.25) is 4.79 Å².